The van der Waals surface area contributed by atoms with Gasteiger partial charge in [-0.05, 0) is 44.9 Å². The Bertz CT molecular complexity index is 1160. The van der Waals surface area contributed by atoms with Gasteiger partial charge in [0.25, 0.3) is 0 Å². The van der Waals surface area contributed by atoms with E-state index in [9.17, 15) is 28.9 Å². The van der Waals surface area contributed by atoms with Crippen molar-refractivity contribution >= 4 is 25.7 Å². The van der Waals surface area contributed by atoms with E-state index in [2.05, 4.69) is 32.9 Å². The van der Waals surface area contributed by atoms with Crippen molar-refractivity contribution in [2.75, 3.05) is 26.4 Å². The third-order valence-corrected chi connectivity index (χ3v) is 13.1. The van der Waals surface area contributed by atoms with E-state index in [0.29, 0.717) is 19.3 Å². The molecular formula is C54H103O11P. The van der Waals surface area contributed by atoms with Crippen LogP contribution in [0.4, 0.5) is 0 Å². The molecule has 11 nitrogen and oxygen atoms in total. The highest BCUT2D eigenvalue weighted by Crippen LogP contribution is 2.43. The maximum atomic E-state index is 12.8. The first kappa shape index (κ1) is 64.2. The third-order valence-electron chi connectivity index (χ3n) is 12.2. The van der Waals surface area contributed by atoms with Crippen LogP contribution in [0.2, 0.25) is 0 Å². The molecule has 0 aliphatic carbocycles. The van der Waals surface area contributed by atoms with Gasteiger partial charge in [-0.1, -0.05) is 226 Å². The van der Waals surface area contributed by atoms with Gasteiger partial charge in [0, 0.05) is 19.3 Å². The Morgan fingerprint density at radius 1 is 0.409 bits per heavy atom. The maximum absolute atomic E-state index is 12.8. The zero-order valence-corrected chi connectivity index (χ0v) is 43.8. The Morgan fingerprint density at radius 2 is 0.697 bits per heavy atom. The zero-order chi connectivity index (χ0) is 48.4. The number of unbranched alkanes of at least 4 members (excludes halogenated alkanes) is 33. The van der Waals surface area contributed by atoms with Gasteiger partial charge >= 0.3 is 25.7 Å². The molecule has 66 heavy (non-hydrogen) atoms. The summed E-state index contributed by atoms with van der Waals surface area (Å²) in [4.78, 5) is 48.3. The molecule has 2 N–H and O–H groups in total. The second-order valence-electron chi connectivity index (χ2n) is 18.8. The standard InChI is InChI=1S/C54H103O11P/c1-4-7-10-13-16-19-22-24-25-27-30-33-36-39-42-45-54(58)65-51(47-61-52(56)43-40-37-34-31-29-26-23-20-17-14-11-8-5-2)49-63-66(59,60)62-48-50(46-55)64-53(57)44-41-38-35-32-28-21-18-15-12-9-6-3/h24-25,50-51,55H,4-23,26-49H2,1-3H3,(H,59,60)/b25-24-. The van der Waals surface area contributed by atoms with Crippen LogP contribution >= 0.6 is 7.82 Å². The smallest absolute Gasteiger partial charge is 0.462 e. The predicted molar refractivity (Wildman–Crippen MR) is 270 cm³/mol. The van der Waals surface area contributed by atoms with Crippen molar-refractivity contribution in [3.05, 3.63) is 12.2 Å². The summed E-state index contributed by atoms with van der Waals surface area (Å²) in [7, 11) is -4.73. The molecule has 0 radical (unpaired) electrons. The Morgan fingerprint density at radius 3 is 1.05 bits per heavy atom. The quantitative estimate of drug-likeness (QED) is 0.0197. The maximum Gasteiger partial charge on any atom is 0.472 e. The van der Waals surface area contributed by atoms with Gasteiger partial charge in [0.1, 0.15) is 12.7 Å². The number of allylic oxidation sites excluding steroid dienone is 2. The summed E-state index contributed by atoms with van der Waals surface area (Å²) < 4.78 is 39.4. The number of hydrogen-bond acceptors (Lipinski definition) is 10. The fourth-order valence-corrected chi connectivity index (χ4v) is 8.72. The molecule has 3 atom stereocenters. The normalized spacial score (nSPS) is 13.5. The van der Waals surface area contributed by atoms with Gasteiger partial charge in [-0.15, -0.1) is 0 Å². The number of phosphoric ester groups is 1. The number of esters is 3. The molecule has 0 rings (SSSR count). The molecule has 0 saturated heterocycles. The Labute approximate surface area is 405 Å². The van der Waals surface area contributed by atoms with Crippen LogP contribution in [-0.4, -0.2) is 66.5 Å². The van der Waals surface area contributed by atoms with Crippen molar-refractivity contribution in [1.29, 1.82) is 0 Å². The number of ether oxygens (including phenoxy) is 3. The number of phosphoric acid groups is 1. The zero-order valence-electron chi connectivity index (χ0n) is 42.9. The monoisotopic (exact) mass is 959 g/mol. The molecule has 0 aromatic carbocycles. The fourth-order valence-electron chi connectivity index (χ4n) is 7.94. The predicted octanol–water partition coefficient (Wildman–Crippen LogP) is 15.7. The van der Waals surface area contributed by atoms with Crippen LogP contribution in [0.3, 0.4) is 0 Å². The number of aliphatic hydroxyl groups is 1. The third kappa shape index (κ3) is 47.3. The SMILES string of the molecule is CCCCCCCC/C=C\CCCCCCCC(=O)OC(COC(=O)CCCCCCCCCCCCCCC)COP(=O)(O)OCC(CO)OC(=O)CCCCCCCCCCCCC. The molecule has 0 aliphatic heterocycles. The molecule has 0 aliphatic rings. The van der Waals surface area contributed by atoms with Gasteiger partial charge < -0.3 is 24.2 Å². The summed E-state index contributed by atoms with van der Waals surface area (Å²) in [5.74, 6) is -1.45. The van der Waals surface area contributed by atoms with Crippen molar-refractivity contribution in [2.45, 2.75) is 290 Å². The molecule has 0 fully saturated rings. The first-order valence-corrected chi connectivity index (χ1v) is 29.1. The van der Waals surface area contributed by atoms with E-state index in [1.165, 1.54) is 141 Å². The van der Waals surface area contributed by atoms with Gasteiger partial charge in [-0.2, -0.15) is 0 Å². The fraction of sp³-hybridized carbons (Fsp3) is 0.907. The number of aliphatic hydroxyl groups excluding tert-OH is 1. The molecule has 0 saturated carbocycles. The van der Waals surface area contributed by atoms with Gasteiger partial charge in [0.2, 0.25) is 0 Å². The van der Waals surface area contributed by atoms with Crippen molar-refractivity contribution in [2.24, 2.45) is 0 Å². The molecule has 3 unspecified atom stereocenters. The first-order chi connectivity index (χ1) is 32.2. The summed E-state index contributed by atoms with van der Waals surface area (Å²) in [5, 5.41) is 9.77. The summed E-state index contributed by atoms with van der Waals surface area (Å²) in [6.07, 6.45) is 46.0. The van der Waals surface area contributed by atoms with Crippen molar-refractivity contribution in [1.82, 2.24) is 0 Å². The topological polar surface area (TPSA) is 155 Å². The number of carbonyl (C=O) groups excluding carboxylic acids is 3. The lowest BCUT2D eigenvalue weighted by atomic mass is 10.0. The molecule has 0 amide bonds. The minimum absolute atomic E-state index is 0.164. The largest absolute Gasteiger partial charge is 0.472 e. The lowest BCUT2D eigenvalue weighted by Crippen LogP contribution is -2.30. The molecule has 0 bridgehead atoms. The summed E-state index contributed by atoms with van der Waals surface area (Å²) >= 11 is 0. The lowest BCUT2D eigenvalue weighted by molar-refractivity contribution is -0.161. The van der Waals surface area contributed by atoms with Crippen molar-refractivity contribution in [3.63, 3.8) is 0 Å². The summed E-state index contributed by atoms with van der Waals surface area (Å²) in [5.41, 5.74) is 0. The second-order valence-corrected chi connectivity index (χ2v) is 20.2. The Kier molecular flexibility index (Phi) is 48.3. The minimum atomic E-state index is -4.73. The minimum Gasteiger partial charge on any atom is -0.462 e. The molecule has 0 spiro atoms. The molecule has 12 heteroatoms. The average Bonchev–Trinajstić information content (AvgIpc) is 3.30. The molecule has 390 valence electrons. The number of carbonyl (C=O) groups is 3. The van der Waals surface area contributed by atoms with Gasteiger partial charge in [0.15, 0.2) is 6.10 Å². The molecule has 0 heterocycles. The lowest BCUT2D eigenvalue weighted by Gasteiger charge is -2.21. The van der Waals surface area contributed by atoms with Gasteiger partial charge in [-0.25, -0.2) is 4.57 Å². The molecule has 0 aromatic rings. The van der Waals surface area contributed by atoms with Crippen molar-refractivity contribution in [3.8, 4) is 0 Å². The second kappa shape index (κ2) is 49.6. The average molecular weight is 959 g/mol. The highest BCUT2D eigenvalue weighted by Gasteiger charge is 2.28. The van der Waals surface area contributed by atoms with Crippen LogP contribution in [-0.2, 0) is 42.2 Å². The summed E-state index contributed by atoms with van der Waals surface area (Å²) in [6.45, 7) is 4.66. The van der Waals surface area contributed by atoms with Crippen molar-refractivity contribution < 1.29 is 52.2 Å². The van der Waals surface area contributed by atoms with Gasteiger partial charge in [-0.3, -0.25) is 23.4 Å². The van der Waals surface area contributed by atoms with Crippen LogP contribution in [0, 0.1) is 0 Å². The van der Waals surface area contributed by atoms with Crippen LogP contribution in [0.25, 0.3) is 0 Å². The van der Waals surface area contributed by atoms with Crippen LogP contribution in [0.15, 0.2) is 12.2 Å². The molecular weight excluding hydrogens is 856 g/mol. The van der Waals surface area contributed by atoms with Crippen LogP contribution in [0.5, 0.6) is 0 Å². The Hall–Kier alpha value is -1.78. The Balaban J connectivity index is 4.71. The number of rotatable bonds is 52. The van der Waals surface area contributed by atoms with E-state index in [1.807, 2.05) is 0 Å². The number of hydrogen-bond donors (Lipinski definition) is 2. The van der Waals surface area contributed by atoms with Crippen LogP contribution < -0.4 is 0 Å². The summed E-state index contributed by atoms with van der Waals surface area (Å²) in [6, 6.07) is 0. The highest BCUT2D eigenvalue weighted by atomic mass is 31.2. The van der Waals surface area contributed by atoms with Crippen LogP contribution in [0.1, 0.15) is 278 Å². The van der Waals surface area contributed by atoms with Gasteiger partial charge in [0.05, 0.1) is 19.8 Å². The van der Waals surface area contributed by atoms with E-state index in [4.69, 9.17) is 23.3 Å². The van der Waals surface area contributed by atoms with E-state index in [-0.39, 0.29) is 25.9 Å². The van der Waals surface area contributed by atoms with E-state index < -0.39 is 57.8 Å². The van der Waals surface area contributed by atoms with E-state index >= 15 is 0 Å². The highest BCUT2D eigenvalue weighted by molar-refractivity contribution is 7.47. The first-order valence-electron chi connectivity index (χ1n) is 27.6. The van der Waals surface area contributed by atoms with E-state index in [1.54, 1.807) is 0 Å². The molecule has 0 aromatic heterocycles. The van der Waals surface area contributed by atoms with E-state index in [0.717, 1.165) is 77.0 Å².